The van der Waals surface area contributed by atoms with Crippen LogP contribution in [0.4, 0.5) is 0 Å². The Labute approximate surface area is 117 Å². The lowest BCUT2D eigenvalue weighted by atomic mass is 10.2. The molecule has 5 nitrogen and oxygen atoms in total. The first-order chi connectivity index (χ1) is 9.00. The van der Waals surface area contributed by atoms with Crippen LogP contribution < -0.4 is 0 Å². The van der Waals surface area contributed by atoms with E-state index >= 15 is 0 Å². The van der Waals surface area contributed by atoms with Gasteiger partial charge >= 0.3 is 0 Å². The number of hydrogen-bond donors (Lipinski definition) is 0. The highest BCUT2D eigenvalue weighted by molar-refractivity contribution is 6.29. The van der Waals surface area contributed by atoms with Gasteiger partial charge in [-0.2, -0.15) is 0 Å². The molecule has 1 saturated heterocycles. The second-order valence-corrected chi connectivity index (χ2v) is 5.12. The largest absolute Gasteiger partial charge is 0.347 e. The van der Waals surface area contributed by atoms with Gasteiger partial charge in [-0.15, -0.1) is 0 Å². The smallest absolute Gasteiger partial charge is 0.273 e. The number of halogens is 1. The van der Waals surface area contributed by atoms with Crippen molar-refractivity contribution in [3.63, 3.8) is 0 Å². The molecule has 0 bridgehead atoms. The van der Waals surface area contributed by atoms with E-state index in [0.717, 1.165) is 6.42 Å². The van der Waals surface area contributed by atoms with Crippen LogP contribution in [0.2, 0.25) is 5.15 Å². The summed E-state index contributed by atoms with van der Waals surface area (Å²) in [5, 5.41) is 0.278. The fourth-order valence-corrected chi connectivity index (χ4v) is 2.40. The monoisotopic (exact) mass is 281 g/mol. The van der Waals surface area contributed by atoms with Crippen LogP contribution in [0.15, 0.2) is 18.2 Å². The van der Waals surface area contributed by atoms with Crippen LogP contribution in [-0.2, 0) is 4.79 Å². The third-order valence-electron chi connectivity index (χ3n) is 3.17. The molecule has 1 fully saturated rings. The van der Waals surface area contributed by atoms with Gasteiger partial charge in [0.2, 0.25) is 5.91 Å². The number of carbonyl (C=O) groups excluding carboxylic acids is 2. The minimum atomic E-state index is -0.386. The molecule has 1 aliphatic rings. The molecule has 0 spiro atoms. The number of likely N-dealkylation sites (N-methyl/N-ethyl adjacent to an activating group) is 1. The van der Waals surface area contributed by atoms with Crippen LogP contribution in [-0.4, -0.2) is 53.3 Å². The Bertz CT molecular complexity index is 504. The summed E-state index contributed by atoms with van der Waals surface area (Å²) in [5.41, 5.74) is 0.283. The number of nitrogens with zero attached hydrogens (tertiary/aromatic N) is 3. The van der Waals surface area contributed by atoms with Crippen LogP contribution in [0, 0.1) is 0 Å². The van der Waals surface area contributed by atoms with Gasteiger partial charge in [-0.05, 0) is 25.0 Å². The minimum Gasteiger partial charge on any atom is -0.347 e. The molecule has 0 N–H and O–H groups in total. The molecule has 0 saturated carbocycles. The second-order valence-electron chi connectivity index (χ2n) is 4.73. The molecule has 19 heavy (non-hydrogen) atoms. The average Bonchev–Trinajstić information content (AvgIpc) is 2.85. The van der Waals surface area contributed by atoms with Crippen LogP contribution >= 0.6 is 11.6 Å². The lowest BCUT2D eigenvalue weighted by molar-refractivity contribution is -0.132. The van der Waals surface area contributed by atoms with Gasteiger partial charge in [0, 0.05) is 20.6 Å². The second kappa shape index (κ2) is 5.57. The lowest BCUT2D eigenvalue weighted by Gasteiger charge is -2.25. The highest BCUT2D eigenvalue weighted by Gasteiger charge is 2.35. The van der Waals surface area contributed by atoms with E-state index in [1.807, 2.05) is 0 Å². The van der Waals surface area contributed by atoms with Crippen molar-refractivity contribution in [1.82, 2.24) is 14.8 Å². The molecular weight excluding hydrogens is 266 g/mol. The Morgan fingerprint density at radius 2 is 2.16 bits per heavy atom. The summed E-state index contributed by atoms with van der Waals surface area (Å²) in [6.45, 7) is 0.581. The third-order valence-corrected chi connectivity index (χ3v) is 3.38. The number of rotatable bonds is 2. The molecule has 1 aromatic heterocycles. The van der Waals surface area contributed by atoms with Crippen molar-refractivity contribution in [1.29, 1.82) is 0 Å². The summed E-state index contributed by atoms with van der Waals surface area (Å²) >= 11 is 5.79. The van der Waals surface area contributed by atoms with E-state index in [-0.39, 0.29) is 28.7 Å². The molecule has 0 aliphatic carbocycles. The van der Waals surface area contributed by atoms with E-state index in [1.165, 1.54) is 4.90 Å². The number of carbonyl (C=O) groups is 2. The zero-order valence-corrected chi connectivity index (χ0v) is 11.7. The maximum Gasteiger partial charge on any atom is 0.273 e. The molecule has 1 unspecified atom stereocenters. The van der Waals surface area contributed by atoms with Crippen LogP contribution in [0.1, 0.15) is 23.3 Å². The Morgan fingerprint density at radius 3 is 2.79 bits per heavy atom. The zero-order chi connectivity index (χ0) is 14.0. The SMILES string of the molecule is CN(C)C(=O)C1CCCN1C(=O)c1cccc(Cl)n1. The molecule has 1 aromatic rings. The fraction of sp³-hybridized carbons (Fsp3) is 0.462. The standard InChI is InChI=1S/C13H16ClN3O2/c1-16(2)13(19)10-6-4-8-17(10)12(18)9-5-3-7-11(14)15-9/h3,5,7,10H,4,6,8H2,1-2H3. The quantitative estimate of drug-likeness (QED) is 0.771. The Balaban J connectivity index is 2.21. The Kier molecular flexibility index (Phi) is 4.04. The molecule has 2 amide bonds. The first-order valence-corrected chi connectivity index (χ1v) is 6.53. The summed E-state index contributed by atoms with van der Waals surface area (Å²) < 4.78 is 0. The third kappa shape index (κ3) is 2.87. The molecule has 2 heterocycles. The van der Waals surface area contributed by atoms with Gasteiger partial charge < -0.3 is 9.80 Å². The van der Waals surface area contributed by atoms with Crippen LogP contribution in [0.3, 0.4) is 0 Å². The van der Waals surface area contributed by atoms with E-state index in [0.29, 0.717) is 13.0 Å². The van der Waals surface area contributed by atoms with E-state index in [9.17, 15) is 9.59 Å². The summed E-state index contributed by atoms with van der Waals surface area (Å²) in [7, 11) is 3.39. The van der Waals surface area contributed by atoms with Gasteiger partial charge in [0.15, 0.2) is 0 Å². The molecule has 102 valence electrons. The Hall–Kier alpha value is -1.62. The van der Waals surface area contributed by atoms with Crippen LogP contribution in [0.5, 0.6) is 0 Å². The highest BCUT2D eigenvalue weighted by atomic mass is 35.5. The molecule has 1 atom stereocenters. The topological polar surface area (TPSA) is 53.5 Å². The van der Waals surface area contributed by atoms with E-state index in [4.69, 9.17) is 11.6 Å². The van der Waals surface area contributed by atoms with E-state index in [2.05, 4.69) is 4.98 Å². The predicted molar refractivity (Wildman–Crippen MR) is 72.0 cm³/mol. The zero-order valence-electron chi connectivity index (χ0n) is 11.0. The molecule has 1 aliphatic heterocycles. The van der Waals surface area contributed by atoms with Crippen molar-refractivity contribution in [3.05, 3.63) is 29.0 Å². The Morgan fingerprint density at radius 1 is 1.42 bits per heavy atom. The number of likely N-dealkylation sites (tertiary alicyclic amines) is 1. The molecular formula is C13H16ClN3O2. The normalized spacial score (nSPS) is 18.5. The molecule has 2 rings (SSSR count). The maximum absolute atomic E-state index is 12.4. The molecule has 6 heteroatoms. The number of hydrogen-bond acceptors (Lipinski definition) is 3. The first-order valence-electron chi connectivity index (χ1n) is 6.15. The van der Waals surface area contributed by atoms with E-state index in [1.54, 1.807) is 37.2 Å². The van der Waals surface area contributed by atoms with Gasteiger partial charge in [0.05, 0.1) is 0 Å². The fourth-order valence-electron chi connectivity index (χ4n) is 2.24. The predicted octanol–water partition coefficient (Wildman–Crippen LogP) is 1.43. The van der Waals surface area contributed by atoms with Gasteiger partial charge in [-0.1, -0.05) is 17.7 Å². The van der Waals surface area contributed by atoms with Crippen molar-refractivity contribution in [3.8, 4) is 0 Å². The lowest BCUT2D eigenvalue weighted by Crippen LogP contribution is -2.45. The van der Waals surface area contributed by atoms with Crippen LogP contribution in [0.25, 0.3) is 0 Å². The van der Waals surface area contributed by atoms with Crippen molar-refractivity contribution in [2.75, 3.05) is 20.6 Å². The minimum absolute atomic E-state index is 0.0483. The van der Waals surface area contributed by atoms with Gasteiger partial charge in [0.1, 0.15) is 16.9 Å². The number of aromatic nitrogens is 1. The average molecular weight is 282 g/mol. The summed E-state index contributed by atoms with van der Waals surface area (Å²) in [6.07, 6.45) is 1.53. The van der Waals surface area contributed by atoms with Crippen molar-refractivity contribution >= 4 is 23.4 Å². The number of pyridine rings is 1. The van der Waals surface area contributed by atoms with Gasteiger partial charge in [0.25, 0.3) is 5.91 Å². The molecule has 0 radical (unpaired) electrons. The highest BCUT2D eigenvalue weighted by Crippen LogP contribution is 2.21. The number of amides is 2. The summed E-state index contributed by atoms with van der Waals surface area (Å²) in [6, 6.07) is 4.53. The van der Waals surface area contributed by atoms with Gasteiger partial charge in [-0.3, -0.25) is 9.59 Å². The first kappa shape index (κ1) is 13.8. The summed E-state index contributed by atoms with van der Waals surface area (Å²) in [5.74, 6) is -0.284. The molecule has 0 aromatic carbocycles. The summed E-state index contributed by atoms with van der Waals surface area (Å²) in [4.78, 5) is 31.5. The van der Waals surface area contributed by atoms with E-state index < -0.39 is 0 Å². The van der Waals surface area contributed by atoms with Crippen molar-refractivity contribution < 1.29 is 9.59 Å². The maximum atomic E-state index is 12.4. The van der Waals surface area contributed by atoms with Crippen molar-refractivity contribution in [2.45, 2.75) is 18.9 Å². The van der Waals surface area contributed by atoms with Gasteiger partial charge in [-0.25, -0.2) is 4.98 Å². The van der Waals surface area contributed by atoms with Crippen molar-refractivity contribution in [2.24, 2.45) is 0 Å².